The molecule has 0 aromatic heterocycles. The normalized spacial score (nSPS) is 29.8. The van der Waals surface area contributed by atoms with Gasteiger partial charge in [-0.3, -0.25) is 9.59 Å². The van der Waals surface area contributed by atoms with E-state index in [1.165, 1.54) is 6.92 Å². The number of hydrogen-bond acceptors (Lipinski definition) is 9. The number of ether oxygens (including phenoxy) is 1. The molecule has 0 spiro atoms. The molecule has 11 heteroatoms. The first-order valence-corrected chi connectivity index (χ1v) is 8.48. The SMILES string of the molecule is C[C@H](O)C(=O)NCCCCCC(=O)NO[C@@H]1O[C@H](CO)[C@H](O)[C@H](O)[C@H]1O. The number of aliphatic hydroxyl groups excluding tert-OH is 5. The summed E-state index contributed by atoms with van der Waals surface area (Å²) in [5, 5.41) is 49.6. The molecule has 7 N–H and O–H groups in total. The Labute approximate surface area is 150 Å². The number of hydrogen-bond donors (Lipinski definition) is 7. The quantitative estimate of drug-likeness (QED) is 0.153. The molecule has 0 saturated carbocycles. The van der Waals surface area contributed by atoms with E-state index in [0.29, 0.717) is 25.8 Å². The Morgan fingerprint density at radius 1 is 1.12 bits per heavy atom. The number of aliphatic hydroxyl groups is 5. The van der Waals surface area contributed by atoms with Crippen LogP contribution in [0.2, 0.25) is 0 Å². The zero-order chi connectivity index (χ0) is 19.7. The van der Waals surface area contributed by atoms with Crippen molar-refractivity contribution >= 4 is 11.8 Å². The van der Waals surface area contributed by atoms with Gasteiger partial charge in [0.05, 0.1) is 6.61 Å². The molecular formula is C15H28N2O9. The van der Waals surface area contributed by atoms with Crippen LogP contribution in [0.5, 0.6) is 0 Å². The molecule has 2 amide bonds. The number of nitrogens with one attached hydrogen (secondary N) is 2. The lowest BCUT2D eigenvalue weighted by Gasteiger charge is -2.39. The number of unbranched alkanes of at least 4 members (excludes halogenated alkanes) is 2. The van der Waals surface area contributed by atoms with Crippen molar-refractivity contribution in [2.75, 3.05) is 13.2 Å². The van der Waals surface area contributed by atoms with Crippen molar-refractivity contribution in [2.24, 2.45) is 0 Å². The highest BCUT2D eigenvalue weighted by atomic mass is 16.8. The molecule has 1 heterocycles. The standard InChI is InChI=1S/C15H28N2O9/c1-8(19)14(24)16-6-4-2-3-5-10(20)17-26-15-13(23)12(22)11(21)9(7-18)25-15/h8-9,11-13,15,18-19,21-23H,2-7H2,1H3,(H,16,24)(H,17,20)/t8-,9+,11-,12-,13+,15-/m0/s1. The minimum absolute atomic E-state index is 0.127. The minimum atomic E-state index is -1.59. The average Bonchev–Trinajstić information content (AvgIpc) is 2.61. The molecule has 0 aromatic rings. The van der Waals surface area contributed by atoms with E-state index in [-0.39, 0.29) is 6.42 Å². The third-order valence-corrected chi connectivity index (χ3v) is 3.90. The molecule has 1 rings (SSSR count). The second-order valence-electron chi connectivity index (χ2n) is 6.12. The highest BCUT2D eigenvalue weighted by Crippen LogP contribution is 2.21. The van der Waals surface area contributed by atoms with Crippen LogP contribution in [0.15, 0.2) is 0 Å². The smallest absolute Gasteiger partial charge is 0.248 e. The average molecular weight is 380 g/mol. The van der Waals surface area contributed by atoms with E-state index in [1.807, 2.05) is 0 Å². The van der Waals surface area contributed by atoms with E-state index in [9.17, 15) is 24.9 Å². The molecule has 1 aliphatic rings. The highest BCUT2D eigenvalue weighted by molar-refractivity contribution is 5.79. The van der Waals surface area contributed by atoms with Gasteiger partial charge in [0.1, 0.15) is 30.5 Å². The second-order valence-corrected chi connectivity index (χ2v) is 6.12. The van der Waals surface area contributed by atoms with Gasteiger partial charge in [-0.15, -0.1) is 0 Å². The van der Waals surface area contributed by atoms with Crippen LogP contribution in [0.25, 0.3) is 0 Å². The van der Waals surface area contributed by atoms with Gasteiger partial charge in [0.25, 0.3) is 0 Å². The van der Waals surface area contributed by atoms with E-state index in [4.69, 9.17) is 19.8 Å². The summed E-state index contributed by atoms with van der Waals surface area (Å²) in [6, 6.07) is 0. The van der Waals surface area contributed by atoms with Gasteiger partial charge < -0.3 is 35.6 Å². The van der Waals surface area contributed by atoms with Crippen LogP contribution >= 0.6 is 0 Å². The van der Waals surface area contributed by atoms with Gasteiger partial charge in [-0.2, -0.15) is 0 Å². The summed E-state index contributed by atoms with van der Waals surface area (Å²) in [5.74, 6) is -0.925. The number of carbonyl (C=O) groups excluding carboxylic acids is 2. The van der Waals surface area contributed by atoms with Crippen LogP contribution in [0.1, 0.15) is 32.6 Å². The number of rotatable bonds is 10. The summed E-state index contributed by atoms with van der Waals surface area (Å²) in [4.78, 5) is 27.7. The molecule has 0 radical (unpaired) electrons. The first-order valence-electron chi connectivity index (χ1n) is 8.48. The van der Waals surface area contributed by atoms with Crippen LogP contribution in [0.4, 0.5) is 0 Å². The summed E-state index contributed by atoms with van der Waals surface area (Å²) < 4.78 is 5.07. The van der Waals surface area contributed by atoms with Gasteiger partial charge in [-0.05, 0) is 19.8 Å². The van der Waals surface area contributed by atoms with Gasteiger partial charge >= 0.3 is 0 Å². The largest absolute Gasteiger partial charge is 0.394 e. The topological polar surface area (TPSA) is 178 Å². The molecule has 11 nitrogen and oxygen atoms in total. The zero-order valence-corrected chi connectivity index (χ0v) is 14.6. The maximum atomic E-state index is 11.7. The van der Waals surface area contributed by atoms with E-state index in [0.717, 1.165) is 0 Å². The Morgan fingerprint density at radius 3 is 2.42 bits per heavy atom. The Morgan fingerprint density at radius 2 is 1.81 bits per heavy atom. The van der Waals surface area contributed by atoms with Gasteiger partial charge in [0.2, 0.25) is 18.1 Å². The van der Waals surface area contributed by atoms with Gasteiger partial charge in [0, 0.05) is 13.0 Å². The summed E-state index contributed by atoms with van der Waals surface area (Å²) in [5.41, 5.74) is 2.09. The predicted octanol–water partition coefficient (Wildman–Crippen LogP) is -3.11. The fourth-order valence-electron chi connectivity index (χ4n) is 2.29. The van der Waals surface area contributed by atoms with Gasteiger partial charge in [-0.1, -0.05) is 6.42 Å². The van der Waals surface area contributed by atoms with Crippen molar-refractivity contribution < 1.29 is 44.7 Å². The summed E-state index contributed by atoms with van der Waals surface area (Å²) in [6.45, 7) is 1.17. The zero-order valence-electron chi connectivity index (χ0n) is 14.6. The Hall–Kier alpha value is -1.34. The lowest BCUT2D eigenvalue weighted by atomic mass is 9.99. The lowest BCUT2D eigenvalue weighted by Crippen LogP contribution is -2.60. The van der Waals surface area contributed by atoms with E-state index >= 15 is 0 Å². The third kappa shape index (κ3) is 7.11. The van der Waals surface area contributed by atoms with E-state index in [1.54, 1.807) is 0 Å². The molecule has 1 aliphatic heterocycles. The maximum Gasteiger partial charge on any atom is 0.248 e. The van der Waals surface area contributed by atoms with Crippen molar-refractivity contribution in [3.63, 3.8) is 0 Å². The molecule has 1 saturated heterocycles. The Balaban J connectivity index is 2.19. The van der Waals surface area contributed by atoms with Crippen LogP contribution in [-0.4, -0.2) is 87.3 Å². The molecule has 0 aromatic carbocycles. The van der Waals surface area contributed by atoms with Crippen LogP contribution < -0.4 is 10.8 Å². The van der Waals surface area contributed by atoms with Crippen molar-refractivity contribution in [3.05, 3.63) is 0 Å². The predicted molar refractivity (Wildman–Crippen MR) is 86.2 cm³/mol. The van der Waals surface area contributed by atoms with Crippen LogP contribution in [0.3, 0.4) is 0 Å². The van der Waals surface area contributed by atoms with Crippen molar-refractivity contribution in [1.29, 1.82) is 0 Å². The highest BCUT2D eigenvalue weighted by Gasteiger charge is 2.44. The molecule has 26 heavy (non-hydrogen) atoms. The first kappa shape index (κ1) is 22.7. The first-order chi connectivity index (χ1) is 12.3. The van der Waals surface area contributed by atoms with Crippen molar-refractivity contribution in [3.8, 4) is 0 Å². The fourth-order valence-corrected chi connectivity index (χ4v) is 2.29. The Kier molecular flexibility index (Phi) is 9.94. The van der Waals surface area contributed by atoms with E-state index in [2.05, 4.69) is 10.8 Å². The minimum Gasteiger partial charge on any atom is -0.394 e. The summed E-state index contributed by atoms with van der Waals surface area (Å²) in [7, 11) is 0. The number of carbonyl (C=O) groups is 2. The fraction of sp³-hybridized carbons (Fsp3) is 0.867. The number of hydroxylamine groups is 1. The summed E-state index contributed by atoms with van der Waals surface area (Å²) >= 11 is 0. The molecule has 0 bridgehead atoms. The second kappa shape index (κ2) is 11.4. The van der Waals surface area contributed by atoms with Gasteiger partial charge in [-0.25, -0.2) is 10.3 Å². The molecule has 0 unspecified atom stereocenters. The van der Waals surface area contributed by atoms with Crippen LogP contribution in [0, 0.1) is 0 Å². The Bertz CT molecular complexity index is 447. The van der Waals surface area contributed by atoms with E-state index < -0.39 is 55.2 Å². The molecule has 6 atom stereocenters. The maximum absolute atomic E-state index is 11.7. The summed E-state index contributed by atoms with van der Waals surface area (Å²) in [6.07, 6.45) is -6.33. The van der Waals surface area contributed by atoms with Crippen molar-refractivity contribution in [1.82, 2.24) is 10.8 Å². The molecule has 1 fully saturated rings. The third-order valence-electron chi connectivity index (χ3n) is 3.90. The lowest BCUT2D eigenvalue weighted by molar-refractivity contribution is -0.313. The van der Waals surface area contributed by atoms with Crippen LogP contribution in [-0.2, 0) is 19.2 Å². The molecule has 152 valence electrons. The van der Waals surface area contributed by atoms with Gasteiger partial charge in [0.15, 0.2) is 0 Å². The molecular weight excluding hydrogens is 352 g/mol. The number of amides is 2. The van der Waals surface area contributed by atoms with Crippen molar-refractivity contribution in [2.45, 2.75) is 69.4 Å². The monoisotopic (exact) mass is 380 g/mol. The molecule has 0 aliphatic carbocycles.